The monoisotopic (exact) mass is 333 g/mol. The molecule has 1 aromatic rings. The van der Waals surface area contributed by atoms with Gasteiger partial charge in [0, 0.05) is 29.2 Å². The summed E-state index contributed by atoms with van der Waals surface area (Å²) in [7, 11) is 0. The highest BCUT2D eigenvalue weighted by Gasteiger charge is 2.41. The van der Waals surface area contributed by atoms with Crippen molar-refractivity contribution in [1.29, 1.82) is 0 Å². The van der Waals surface area contributed by atoms with Crippen LogP contribution in [-0.4, -0.2) is 33.2 Å². The quantitative estimate of drug-likeness (QED) is 0.874. The molecule has 5 heteroatoms. The van der Waals surface area contributed by atoms with E-state index < -0.39 is 6.09 Å². The van der Waals surface area contributed by atoms with Gasteiger partial charge in [-0.2, -0.15) is 0 Å². The van der Waals surface area contributed by atoms with Crippen molar-refractivity contribution in [2.45, 2.75) is 70.9 Å². The Kier molecular flexibility index (Phi) is 5.23. The van der Waals surface area contributed by atoms with E-state index in [1.54, 1.807) is 4.90 Å². The van der Waals surface area contributed by atoms with Crippen LogP contribution in [0.25, 0.3) is 0 Å². The summed E-state index contributed by atoms with van der Waals surface area (Å²) >= 11 is 0. The van der Waals surface area contributed by atoms with Crippen LogP contribution in [0.4, 0.5) is 4.79 Å². The van der Waals surface area contributed by atoms with Crippen LogP contribution in [0.3, 0.4) is 0 Å². The molecule has 1 aliphatic heterocycles. The van der Waals surface area contributed by atoms with E-state index in [1.165, 1.54) is 0 Å². The van der Waals surface area contributed by atoms with Crippen molar-refractivity contribution in [1.82, 2.24) is 9.88 Å². The predicted octanol–water partition coefficient (Wildman–Crippen LogP) is 3.94. The van der Waals surface area contributed by atoms with Crippen LogP contribution in [0.5, 0.6) is 0 Å². The largest absolute Gasteiger partial charge is 0.465 e. The zero-order valence-corrected chi connectivity index (χ0v) is 15.5. The predicted molar refractivity (Wildman–Crippen MR) is 96.0 cm³/mol. The number of pyridine rings is 1. The van der Waals surface area contributed by atoms with E-state index in [0.29, 0.717) is 12.5 Å². The Morgan fingerprint density at radius 3 is 2.67 bits per heavy atom. The average Bonchev–Trinajstić information content (AvgIpc) is 2.79. The summed E-state index contributed by atoms with van der Waals surface area (Å²) in [4.78, 5) is 17.6. The molecule has 134 valence electrons. The molecule has 1 aromatic heterocycles. The second kappa shape index (κ2) is 6.71. The summed E-state index contributed by atoms with van der Waals surface area (Å²) < 4.78 is 0. The van der Waals surface area contributed by atoms with Crippen molar-refractivity contribution >= 4 is 6.09 Å². The zero-order valence-electron chi connectivity index (χ0n) is 15.5. The van der Waals surface area contributed by atoms with E-state index in [0.717, 1.165) is 30.7 Å². The molecule has 1 aliphatic rings. The van der Waals surface area contributed by atoms with Gasteiger partial charge in [0.2, 0.25) is 0 Å². The van der Waals surface area contributed by atoms with E-state index in [2.05, 4.69) is 20.8 Å². The molecule has 2 atom stereocenters. The van der Waals surface area contributed by atoms with Gasteiger partial charge in [-0.1, -0.05) is 26.8 Å². The number of carboxylic acid groups (broad SMARTS) is 1. The lowest BCUT2D eigenvalue weighted by atomic mass is 9.90. The van der Waals surface area contributed by atoms with Gasteiger partial charge in [-0.3, -0.25) is 4.98 Å². The molecule has 1 unspecified atom stereocenters. The Morgan fingerprint density at radius 1 is 1.46 bits per heavy atom. The standard InChI is InChI=1S/C19H31N3O2/c1-18(2,3)16-8-6-7-15(21-16)14(20)10-9-13-11-19(4,5)22(12-13)17(23)24/h6-8,13-14H,9-12,20H2,1-5H3,(H,23,24)/t13-,14?/m0/s1. The number of rotatable bonds is 4. The van der Waals surface area contributed by atoms with Gasteiger partial charge in [0.15, 0.2) is 0 Å². The first-order chi connectivity index (χ1) is 11.0. The molecule has 0 aliphatic carbocycles. The number of likely N-dealkylation sites (tertiary alicyclic amines) is 1. The first-order valence-electron chi connectivity index (χ1n) is 8.74. The molecule has 24 heavy (non-hydrogen) atoms. The highest BCUT2D eigenvalue weighted by molar-refractivity contribution is 5.66. The lowest BCUT2D eigenvalue weighted by Crippen LogP contribution is -2.41. The molecule has 0 saturated carbocycles. The van der Waals surface area contributed by atoms with Crippen molar-refractivity contribution < 1.29 is 9.90 Å². The summed E-state index contributed by atoms with van der Waals surface area (Å²) in [6.07, 6.45) is 1.82. The van der Waals surface area contributed by atoms with Gasteiger partial charge in [-0.25, -0.2) is 4.79 Å². The maximum Gasteiger partial charge on any atom is 0.407 e. The Bertz CT molecular complexity index is 593. The molecule has 0 spiro atoms. The van der Waals surface area contributed by atoms with Gasteiger partial charge in [0.1, 0.15) is 0 Å². The van der Waals surface area contributed by atoms with Gasteiger partial charge in [0.25, 0.3) is 0 Å². The Labute approximate surface area is 145 Å². The second-order valence-electron chi connectivity index (χ2n) is 8.66. The summed E-state index contributed by atoms with van der Waals surface area (Å²) in [6.45, 7) is 11.0. The molecule has 1 fully saturated rings. The fraction of sp³-hybridized carbons (Fsp3) is 0.684. The minimum Gasteiger partial charge on any atom is -0.465 e. The first kappa shape index (κ1) is 18.7. The van der Waals surface area contributed by atoms with E-state index in [9.17, 15) is 9.90 Å². The molecule has 0 bridgehead atoms. The molecule has 5 nitrogen and oxygen atoms in total. The lowest BCUT2D eigenvalue weighted by molar-refractivity contribution is 0.117. The van der Waals surface area contributed by atoms with Gasteiger partial charge in [-0.15, -0.1) is 0 Å². The van der Waals surface area contributed by atoms with Gasteiger partial charge < -0.3 is 15.7 Å². The van der Waals surface area contributed by atoms with Crippen molar-refractivity contribution in [2.75, 3.05) is 6.54 Å². The first-order valence-corrected chi connectivity index (χ1v) is 8.74. The SMILES string of the molecule is CC(C)(C)c1cccc(C(N)CC[C@@H]2CN(C(=O)O)C(C)(C)C2)n1. The van der Waals surface area contributed by atoms with E-state index >= 15 is 0 Å². The normalized spacial score (nSPS) is 21.8. The van der Waals surface area contributed by atoms with Crippen LogP contribution in [0.15, 0.2) is 18.2 Å². The number of amides is 1. The van der Waals surface area contributed by atoms with Gasteiger partial charge in [-0.05, 0) is 51.2 Å². The average molecular weight is 333 g/mol. The Hall–Kier alpha value is -1.62. The fourth-order valence-electron chi connectivity index (χ4n) is 3.56. The molecule has 2 rings (SSSR count). The van der Waals surface area contributed by atoms with Crippen molar-refractivity contribution in [3.8, 4) is 0 Å². The van der Waals surface area contributed by atoms with Crippen molar-refractivity contribution in [3.05, 3.63) is 29.6 Å². The number of carbonyl (C=O) groups is 1. The van der Waals surface area contributed by atoms with E-state index in [4.69, 9.17) is 10.7 Å². The topological polar surface area (TPSA) is 79.5 Å². The Morgan fingerprint density at radius 2 is 2.12 bits per heavy atom. The van der Waals surface area contributed by atoms with Crippen molar-refractivity contribution in [2.24, 2.45) is 11.7 Å². The lowest BCUT2D eigenvalue weighted by Gasteiger charge is -2.28. The number of hydrogen-bond acceptors (Lipinski definition) is 3. The number of aromatic nitrogens is 1. The fourth-order valence-corrected chi connectivity index (χ4v) is 3.56. The molecule has 1 saturated heterocycles. The third kappa shape index (κ3) is 4.26. The van der Waals surface area contributed by atoms with Crippen LogP contribution in [0.2, 0.25) is 0 Å². The van der Waals surface area contributed by atoms with Crippen LogP contribution in [0.1, 0.15) is 71.3 Å². The molecule has 3 N–H and O–H groups in total. The highest BCUT2D eigenvalue weighted by atomic mass is 16.4. The maximum atomic E-state index is 11.3. The van der Waals surface area contributed by atoms with Crippen LogP contribution in [0, 0.1) is 5.92 Å². The minimum atomic E-state index is -0.827. The maximum absolute atomic E-state index is 11.3. The van der Waals surface area contributed by atoms with Crippen LogP contribution in [-0.2, 0) is 5.41 Å². The van der Waals surface area contributed by atoms with Gasteiger partial charge >= 0.3 is 6.09 Å². The van der Waals surface area contributed by atoms with E-state index in [1.807, 2.05) is 32.0 Å². The Balaban J connectivity index is 1.97. The molecule has 2 heterocycles. The highest BCUT2D eigenvalue weighted by Crippen LogP contribution is 2.36. The number of hydrogen-bond donors (Lipinski definition) is 2. The second-order valence-corrected chi connectivity index (χ2v) is 8.66. The zero-order chi connectivity index (χ0) is 18.1. The van der Waals surface area contributed by atoms with Gasteiger partial charge in [0.05, 0.1) is 5.69 Å². The molecular weight excluding hydrogens is 302 g/mol. The van der Waals surface area contributed by atoms with Crippen LogP contribution >= 0.6 is 0 Å². The summed E-state index contributed by atoms with van der Waals surface area (Å²) in [6, 6.07) is 5.95. The van der Waals surface area contributed by atoms with E-state index in [-0.39, 0.29) is 17.0 Å². The molecule has 0 radical (unpaired) electrons. The molecule has 1 amide bonds. The minimum absolute atomic E-state index is 0.00714. The smallest absolute Gasteiger partial charge is 0.407 e. The third-order valence-electron chi connectivity index (χ3n) is 5.00. The number of nitrogens with two attached hydrogens (primary N) is 1. The third-order valence-corrected chi connectivity index (χ3v) is 5.00. The van der Waals surface area contributed by atoms with Crippen LogP contribution < -0.4 is 5.73 Å². The number of nitrogens with zero attached hydrogens (tertiary/aromatic N) is 2. The molecular formula is C19H31N3O2. The summed E-state index contributed by atoms with van der Waals surface area (Å²) in [5, 5.41) is 9.32. The van der Waals surface area contributed by atoms with Crippen molar-refractivity contribution in [3.63, 3.8) is 0 Å². The summed E-state index contributed by atoms with van der Waals surface area (Å²) in [5.41, 5.74) is 8.05. The molecule has 0 aromatic carbocycles. The summed E-state index contributed by atoms with van der Waals surface area (Å²) in [5.74, 6) is 0.368.